The van der Waals surface area contributed by atoms with Gasteiger partial charge < -0.3 is 20.1 Å². The van der Waals surface area contributed by atoms with Gasteiger partial charge in [-0.15, -0.1) is 6.42 Å². The standard InChI is InChI=1S/C34H35F3N6O2/c1-4-24-27(36)6-5-21-11-23(38)12-25(28(21)24)30-29(37)31-26(14-39-30)32(42-9-10-44-17-19(2)15-42)41-33(40-31)45-18-34-8-7-20(3)43(34)16-22(35)13-34/h1,5-6,11-12,14,19-20,22H,7-10,13,15-18,38H2,2-3H3/t19?,20?,22?,34-/m0/s1. The van der Waals surface area contributed by atoms with Crippen LogP contribution in [0.3, 0.4) is 0 Å². The molecule has 7 rings (SSSR count). The van der Waals surface area contributed by atoms with Crippen LogP contribution in [0.2, 0.25) is 0 Å². The van der Waals surface area contributed by atoms with Crippen LogP contribution < -0.4 is 15.4 Å². The Morgan fingerprint density at radius 3 is 2.87 bits per heavy atom. The van der Waals surface area contributed by atoms with Crippen molar-refractivity contribution in [1.29, 1.82) is 0 Å². The number of alkyl halides is 1. The van der Waals surface area contributed by atoms with Crippen molar-refractivity contribution in [3.8, 4) is 29.6 Å². The molecule has 2 aromatic heterocycles. The van der Waals surface area contributed by atoms with E-state index in [9.17, 15) is 8.78 Å². The van der Waals surface area contributed by atoms with Gasteiger partial charge in [0.25, 0.3) is 0 Å². The lowest BCUT2D eigenvalue weighted by atomic mass is 9.95. The first-order valence-corrected chi connectivity index (χ1v) is 15.4. The Morgan fingerprint density at radius 2 is 2.04 bits per heavy atom. The van der Waals surface area contributed by atoms with Crippen molar-refractivity contribution in [2.24, 2.45) is 5.92 Å². The molecule has 234 valence electrons. The van der Waals surface area contributed by atoms with Gasteiger partial charge in [-0.2, -0.15) is 9.97 Å². The number of nitrogen functional groups attached to an aromatic ring is 1. The number of anilines is 2. The molecule has 0 aliphatic carbocycles. The summed E-state index contributed by atoms with van der Waals surface area (Å²) in [6.45, 7) is 6.96. The molecule has 2 N–H and O–H groups in total. The number of aromatic nitrogens is 3. The van der Waals surface area contributed by atoms with Crippen molar-refractivity contribution in [3.05, 3.63) is 47.7 Å². The molecule has 0 spiro atoms. The van der Waals surface area contributed by atoms with E-state index in [0.717, 1.165) is 12.8 Å². The maximum absolute atomic E-state index is 16.8. The summed E-state index contributed by atoms with van der Waals surface area (Å²) in [5.41, 5.74) is 6.25. The molecule has 0 amide bonds. The van der Waals surface area contributed by atoms with Crippen molar-refractivity contribution < 1.29 is 22.6 Å². The SMILES string of the molecule is C#Cc1c(F)ccc2cc(N)cc(-c3ncc4c(N5CCOCC(C)C5)nc(OC[C@@]56CCC(C)N5CC(F)C6)nc4c3F)c12. The molecule has 3 unspecified atom stereocenters. The lowest BCUT2D eigenvalue weighted by molar-refractivity contribution is 0.0889. The van der Waals surface area contributed by atoms with E-state index in [1.807, 2.05) is 4.90 Å². The van der Waals surface area contributed by atoms with Crippen LogP contribution in [0.15, 0.2) is 30.5 Å². The Balaban J connectivity index is 1.38. The molecule has 8 nitrogen and oxygen atoms in total. The third-order valence-corrected chi connectivity index (χ3v) is 9.51. The van der Waals surface area contributed by atoms with Crippen LogP contribution in [0.5, 0.6) is 6.01 Å². The maximum atomic E-state index is 16.8. The second-order valence-corrected chi connectivity index (χ2v) is 12.7. The summed E-state index contributed by atoms with van der Waals surface area (Å²) < 4.78 is 58.3. The Morgan fingerprint density at radius 1 is 1.20 bits per heavy atom. The Bertz CT molecular complexity index is 1850. The predicted molar refractivity (Wildman–Crippen MR) is 168 cm³/mol. The molecule has 0 radical (unpaired) electrons. The van der Waals surface area contributed by atoms with Crippen molar-refractivity contribution in [1.82, 2.24) is 19.9 Å². The molecular weight excluding hydrogens is 581 g/mol. The van der Waals surface area contributed by atoms with E-state index in [0.29, 0.717) is 66.9 Å². The van der Waals surface area contributed by atoms with Crippen molar-refractivity contribution in [2.75, 3.05) is 50.1 Å². The predicted octanol–water partition coefficient (Wildman–Crippen LogP) is 5.50. The number of hydrogen-bond donors (Lipinski definition) is 1. The van der Waals surface area contributed by atoms with Crippen LogP contribution in [0.1, 0.15) is 38.7 Å². The van der Waals surface area contributed by atoms with Crippen LogP contribution >= 0.6 is 0 Å². The molecule has 45 heavy (non-hydrogen) atoms. The minimum atomic E-state index is -0.931. The lowest BCUT2D eigenvalue weighted by Crippen LogP contribution is -2.46. The van der Waals surface area contributed by atoms with E-state index < -0.39 is 23.3 Å². The highest BCUT2D eigenvalue weighted by Gasteiger charge is 2.52. The molecule has 0 bridgehead atoms. The summed E-state index contributed by atoms with van der Waals surface area (Å²) in [6, 6.07) is 6.26. The van der Waals surface area contributed by atoms with Crippen LogP contribution in [0, 0.1) is 29.9 Å². The fraction of sp³-hybridized carbons (Fsp3) is 0.441. The summed E-state index contributed by atoms with van der Waals surface area (Å²) in [5, 5.41) is 1.29. The first-order valence-electron chi connectivity index (χ1n) is 15.4. The highest BCUT2D eigenvalue weighted by Crippen LogP contribution is 2.44. The number of pyridine rings is 1. The van der Waals surface area contributed by atoms with Gasteiger partial charge in [-0.1, -0.05) is 18.9 Å². The molecule has 11 heteroatoms. The Hall–Kier alpha value is -4.14. The van der Waals surface area contributed by atoms with Crippen LogP contribution in [-0.2, 0) is 4.74 Å². The highest BCUT2D eigenvalue weighted by atomic mass is 19.1. The molecule has 3 aliphatic rings. The number of fused-ring (bicyclic) bond motifs is 3. The number of terminal acetylenes is 1. The molecular formula is C34H35F3N6O2. The number of nitrogens with zero attached hydrogens (tertiary/aromatic N) is 5. The smallest absolute Gasteiger partial charge is 0.319 e. The normalized spacial score (nSPS) is 25.4. The van der Waals surface area contributed by atoms with Gasteiger partial charge in [0.05, 0.1) is 29.7 Å². The number of hydrogen-bond acceptors (Lipinski definition) is 8. The second-order valence-electron chi connectivity index (χ2n) is 12.7. The van der Waals surface area contributed by atoms with Gasteiger partial charge in [0.15, 0.2) is 5.82 Å². The van der Waals surface area contributed by atoms with E-state index in [2.05, 4.69) is 34.6 Å². The first kappa shape index (κ1) is 29.6. The largest absolute Gasteiger partial charge is 0.461 e. The quantitative estimate of drug-likeness (QED) is 0.232. The third kappa shape index (κ3) is 5.10. The average molecular weight is 617 g/mol. The number of rotatable bonds is 5. The van der Waals surface area contributed by atoms with Gasteiger partial charge in [-0.3, -0.25) is 9.88 Å². The highest BCUT2D eigenvalue weighted by molar-refractivity contribution is 6.03. The number of benzene rings is 2. The molecule has 3 saturated heterocycles. The van der Waals surface area contributed by atoms with E-state index in [1.54, 1.807) is 12.1 Å². The van der Waals surface area contributed by atoms with Gasteiger partial charge in [0, 0.05) is 54.9 Å². The van der Waals surface area contributed by atoms with Gasteiger partial charge in [-0.05, 0) is 49.3 Å². The Kier molecular flexibility index (Phi) is 7.45. The van der Waals surface area contributed by atoms with Gasteiger partial charge >= 0.3 is 6.01 Å². The molecule has 5 heterocycles. The van der Waals surface area contributed by atoms with Crippen molar-refractivity contribution in [3.63, 3.8) is 0 Å². The zero-order valence-corrected chi connectivity index (χ0v) is 25.3. The second kappa shape index (κ2) is 11.3. The van der Waals surface area contributed by atoms with Crippen molar-refractivity contribution >= 4 is 33.2 Å². The molecule has 4 aromatic rings. The summed E-state index contributed by atoms with van der Waals surface area (Å²) in [5.74, 6) is 1.73. The van der Waals surface area contributed by atoms with Gasteiger partial charge in [0.1, 0.15) is 35.6 Å². The van der Waals surface area contributed by atoms with E-state index in [-0.39, 0.29) is 46.9 Å². The van der Waals surface area contributed by atoms with E-state index in [4.69, 9.17) is 26.6 Å². The number of nitrogens with two attached hydrogens (primary N) is 1. The molecule has 3 fully saturated rings. The van der Waals surface area contributed by atoms with Gasteiger partial charge in [0.2, 0.25) is 0 Å². The summed E-state index contributed by atoms with van der Waals surface area (Å²) in [6.07, 6.45) is 8.42. The lowest BCUT2D eigenvalue weighted by Gasteiger charge is -2.33. The average Bonchev–Trinajstić information content (AvgIpc) is 3.40. The zero-order chi connectivity index (χ0) is 31.5. The minimum Gasteiger partial charge on any atom is -0.461 e. The number of halogens is 3. The van der Waals surface area contributed by atoms with Crippen LogP contribution in [0.4, 0.5) is 24.7 Å². The summed E-state index contributed by atoms with van der Waals surface area (Å²) in [7, 11) is 0. The fourth-order valence-electron chi connectivity index (χ4n) is 7.42. The molecule has 3 aliphatic heterocycles. The first-order chi connectivity index (χ1) is 21.7. The van der Waals surface area contributed by atoms with Crippen molar-refractivity contribution in [2.45, 2.75) is 50.9 Å². The monoisotopic (exact) mass is 616 g/mol. The maximum Gasteiger partial charge on any atom is 0.319 e. The van der Waals surface area contributed by atoms with Gasteiger partial charge in [-0.25, -0.2) is 13.2 Å². The summed E-state index contributed by atoms with van der Waals surface area (Å²) >= 11 is 0. The Labute approximate surface area is 259 Å². The molecule has 2 aromatic carbocycles. The topological polar surface area (TPSA) is 89.6 Å². The molecule has 0 saturated carbocycles. The number of ether oxygens (including phenoxy) is 2. The van der Waals surface area contributed by atoms with E-state index in [1.165, 1.54) is 18.3 Å². The fourth-order valence-corrected chi connectivity index (χ4v) is 7.42. The minimum absolute atomic E-state index is 0.00371. The third-order valence-electron chi connectivity index (χ3n) is 9.51. The molecule has 4 atom stereocenters. The summed E-state index contributed by atoms with van der Waals surface area (Å²) in [4.78, 5) is 18.1. The van der Waals surface area contributed by atoms with E-state index >= 15 is 4.39 Å². The van der Waals surface area contributed by atoms with Crippen LogP contribution in [-0.4, -0.2) is 77.1 Å². The van der Waals surface area contributed by atoms with Crippen LogP contribution in [0.25, 0.3) is 32.9 Å². The zero-order valence-electron chi connectivity index (χ0n) is 25.3.